The molecule has 0 radical (unpaired) electrons. The second-order valence-corrected chi connectivity index (χ2v) is 9.26. The molecule has 0 saturated heterocycles. The van der Waals surface area contributed by atoms with Crippen molar-refractivity contribution in [2.45, 2.75) is 24.8 Å². The van der Waals surface area contributed by atoms with Crippen molar-refractivity contribution in [2.24, 2.45) is 0 Å². The molecule has 9 heteroatoms. The first-order valence-electron chi connectivity index (χ1n) is 10.5. The molecule has 0 aliphatic carbocycles. The number of benzene rings is 3. The Hall–Kier alpha value is -3.85. The van der Waals surface area contributed by atoms with Crippen molar-refractivity contribution in [1.29, 1.82) is 0 Å². The van der Waals surface area contributed by atoms with Gasteiger partial charge in [-0.1, -0.05) is 48.0 Å². The predicted molar refractivity (Wildman–Crippen MR) is 128 cm³/mol. The lowest BCUT2D eigenvalue weighted by Gasteiger charge is -2.15. The largest absolute Gasteiger partial charge is 0.495 e. The highest BCUT2D eigenvalue weighted by Gasteiger charge is 2.23. The van der Waals surface area contributed by atoms with Gasteiger partial charge in [-0.15, -0.1) is 0 Å². The Balaban J connectivity index is 1.69. The Bertz CT molecular complexity index is 1260. The lowest BCUT2D eigenvalue weighted by atomic mass is 10.1. The van der Waals surface area contributed by atoms with Crippen LogP contribution in [0.2, 0.25) is 0 Å². The van der Waals surface area contributed by atoms with Gasteiger partial charge in [0.05, 0.1) is 18.7 Å². The number of hydrogen-bond acceptors (Lipinski definition) is 6. The third-order valence-electron chi connectivity index (χ3n) is 5.00. The molecule has 178 valence electrons. The predicted octanol–water partition coefficient (Wildman–Crippen LogP) is 3.84. The highest BCUT2D eigenvalue weighted by atomic mass is 32.2. The summed E-state index contributed by atoms with van der Waals surface area (Å²) in [5.41, 5.74) is 2.22. The number of sulfonamides is 1. The van der Waals surface area contributed by atoms with E-state index in [-0.39, 0.29) is 22.3 Å². The first kappa shape index (κ1) is 24.8. The van der Waals surface area contributed by atoms with Crippen LogP contribution in [0, 0.1) is 6.92 Å². The Morgan fingerprint density at radius 2 is 1.65 bits per heavy atom. The average molecular weight is 483 g/mol. The number of methoxy groups -OCH3 is 1. The van der Waals surface area contributed by atoms with Crippen molar-refractivity contribution in [3.63, 3.8) is 0 Å². The van der Waals surface area contributed by atoms with Gasteiger partial charge in [0.1, 0.15) is 10.6 Å². The third kappa shape index (κ3) is 6.35. The Kier molecular flexibility index (Phi) is 7.91. The fourth-order valence-corrected chi connectivity index (χ4v) is 4.42. The minimum atomic E-state index is -4.06. The molecule has 0 aliphatic heterocycles. The fraction of sp³-hybridized carbons (Fsp3) is 0.200. The summed E-state index contributed by atoms with van der Waals surface area (Å²) in [5.74, 6) is -1.25. The van der Waals surface area contributed by atoms with E-state index in [1.165, 1.54) is 19.2 Å². The zero-order valence-electron chi connectivity index (χ0n) is 19.1. The molecule has 3 aromatic rings. The molecular weight excluding hydrogens is 456 g/mol. The SMILES string of the molecule is COc1ccc(C(=O)OCC(=O)NC(C)c2ccccc2)cc1S(=O)(=O)Nc1ccc(C)cc1. The normalized spacial score (nSPS) is 11.9. The number of carbonyl (C=O) groups is 2. The number of anilines is 1. The summed E-state index contributed by atoms with van der Waals surface area (Å²) < 4.78 is 38.6. The smallest absolute Gasteiger partial charge is 0.338 e. The van der Waals surface area contributed by atoms with E-state index in [9.17, 15) is 18.0 Å². The molecule has 2 N–H and O–H groups in total. The molecule has 1 atom stereocenters. The zero-order valence-corrected chi connectivity index (χ0v) is 19.9. The molecule has 3 aromatic carbocycles. The van der Waals surface area contributed by atoms with Crippen molar-refractivity contribution in [3.8, 4) is 5.75 Å². The van der Waals surface area contributed by atoms with Gasteiger partial charge in [0.15, 0.2) is 6.61 Å². The van der Waals surface area contributed by atoms with Crippen LogP contribution in [-0.2, 0) is 19.6 Å². The molecule has 3 rings (SSSR count). The monoisotopic (exact) mass is 482 g/mol. The average Bonchev–Trinajstić information content (AvgIpc) is 2.84. The van der Waals surface area contributed by atoms with E-state index in [0.29, 0.717) is 5.69 Å². The molecule has 0 spiro atoms. The van der Waals surface area contributed by atoms with E-state index in [4.69, 9.17) is 9.47 Å². The molecule has 8 nitrogen and oxygen atoms in total. The van der Waals surface area contributed by atoms with Gasteiger partial charge in [-0.2, -0.15) is 0 Å². The van der Waals surface area contributed by atoms with E-state index in [1.54, 1.807) is 24.3 Å². The van der Waals surface area contributed by atoms with Crippen LogP contribution in [0.1, 0.15) is 34.5 Å². The van der Waals surface area contributed by atoms with E-state index >= 15 is 0 Å². The quantitative estimate of drug-likeness (QED) is 0.449. The molecule has 1 amide bonds. The molecule has 1 unspecified atom stereocenters. The fourth-order valence-electron chi connectivity index (χ4n) is 3.17. The summed E-state index contributed by atoms with van der Waals surface area (Å²) in [6, 6.07) is 19.8. The number of nitrogens with one attached hydrogen (secondary N) is 2. The first-order valence-corrected chi connectivity index (χ1v) is 12.0. The number of esters is 1. The molecule has 0 fully saturated rings. The number of ether oxygens (including phenoxy) is 2. The van der Waals surface area contributed by atoms with Gasteiger partial charge in [-0.05, 0) is 49.7 Å². The van der Waals surface area contributed by atoms with E-state index in [0.717, 1.165) is 17.2 Å². The molecule has 0 aliphatic rings. The molecule has 0 bridgehead atoms. The molecule has 34 heavy (non-hydrogen) atoms. The van der Waals surface area contributed by atoms with Crippen LogP contribution in [0.15, 0.2) is 77.7 Å². The van der Waals surface area contributed by atoms with Gasteiger partial charge in [-0.25, -0.2) is 13.2 Å². The number of aryl methyl sites for hydroxylation is 1. The lowest BCUT2D eigenvalue weighted by Crippen LogP contribution is -2.31. The third-order valence-corrected chi connectivity index (χ3v) is 6.41. The van der Waals surface area contributed by atoms with E-state index in [1.807, 2.05) is 44.2 Å². The summed E-state index contributed by atoms with van der Waals surface area (Å²) in [6.07, 6.45) is 0. The highest BCUT2D eigenvalue weighted by molar-refractivity contribution is 7.92. The van der Waals surface area contributed by atoms with Crippen molar-refractivity contribution in [1.82, 2.24) is 5.32 Å². The van der Waals surface area contributed by atoms with Crippen LogP contribution in [0.5, 0.6) is 5.75 Å². The Labute approximate surface area is 199 Å². The summed E-state index contributed by atoms with van der Waals surface area (Å²) >= 11 is 0. The topological polar surface area (TPSA) is 111 Å². The van der Waals surface area contributed by atoms with Gasteiger partial charge in [0, 0.05) is 5.69 Å². The van der Waals surface area contributed by atoms with Gasteiger partial charge in [-0.3, -0.25) is 9.52 Å². The van der Waals surface area contributed by atoms with Gasteiger partial charge in [0.2, 0.25) is 0 Å². The summed E-state index contributed by atoms with van der Waals surface area (Å²) in [7, 11) is -2.74. The number of amides is 1. The second kappa shape index (κ2) is 10.8. The van der Waals surface area contributed by atoms with Crippen molar-refractivity contribution < 1.29 is 27.5 Å². The maximum Gasteiger partial charge on any atom is 0.338 e. The lowest BCUT2D eigenvalue weighted by molar-refractivity contribution is -0.124. The Morgan fingerprint density at radius 3 is 2.29 bits per heavy atom. The summed E-state index contributed by atoms with van der Waals surface area (Å²) in [4.78, 5) is 24.5. The van der Waals surface area contributed by atoms with Crippen LogP contribution < -0.4 is 14.8 Å². The number of carbonyl (C=O) groups excluding carboxylic acids is 2. The van der Waals surface area contributed by atoms with Crippen LogP contribution in [0.3, 0.4) is 0 Å². The minimum absolute atomic E-state index is 0.0333. The maximum atomic E-state index is 13.0. The number of rotatable bonds is 9. The van der Waals surface area contributed by atoms with Crippen molar-refractivity contribution >= 4 is 27.6 Å². The van der Waals surface area contributed by atoms with Gasteiger partial charge in [0.25, 0.3) is 15.9 Å². The van der Waals surface area contributed by atoms with Crippen molar-refractivity contribution in [3.05, 3.63) is 89.5 Å². The minimum Gasteiger partial charge on any atom is -0.495 e. The van der Waals surface area contributed by atoms with Crippen LogP contribution in [-0.4, -0.2) is 34.0 Å². The molecular formula is C25H26N2O6S. The Morgan fingerprint density at radius 1 is 0.971 bits per heavy atom. The maximum absolute atomic E-state index is 13.0. The molecule has 0 heterocycles. The van der Waals surface area contributed by atoms with Crippen molar-refractivity contribution in [2.75, 3.05) is 18.4 Å². The van der Waals surface area contributed by atoms with Crippen LogP contribution >= 0.6 is 0 Å². The molecule has 0 saturated carbocycles. The zero-order chi connectivity index (χ0) is 24.7. The first-order chi connectivity index (χ1) is 16.2. The summed E-state index contributed by atoms with van der Waals surface area (Å²) in [6.45, 7) is 3.20. The molecule has 0 aromatic heterocycles. The van der Waals surface area contributed by atoms with Crippen LogP contribution in [0.4, 0.5) is 5.69 Å². The van der Waals surface area contributed by atoms with E-state index in [2.05, 4.69) is 10.0 Å². The van der Waals surface area contributed by atoms with Gasteiger partial charge >= 0.3 is 5.97 Å². The van der Waals surface area contributed by atoms with Gasteiger partial charge < -0.3 is 14.8 Å². The summed E-state index contributed by atoms with van der Waals surface area (Å²) in [5, 5.41) is 2.75. The van der Waals surface area contributed by atoms with Crippen LogP contribution in [0.25, 0.3) is 0 Å². The highest BCUT2D eigenvalue weighted by Crippen LogP contribution is 2.27. The standard InChI is InChI=1S/C25H26N2O6S/c1-17-9-12-21(13-10-17)27-34(30,31)23-15-20(11-14-22(23)32-3)25(29)33-16-24(28)26-18(2)19-7-5-4-6-8-19/h4-15,18,27H,16H2,1-3H3,(H,26,28). The second-order valence-electron chi connectivity index (χ2n) is 7.61. The van der Waals surface area contributed by atoms with E-state index < -0.39 is 28.5 Å². The number of hydrogen-bond donors (Lipinski definition) is 2.